The molecule has 0 bridgehead atoms. The maximum atomic E-state index is 12.1. The Kier molecular flexibility index (Phi) is 6.81. The van der Waals surface area contributed by atoms with Crippen molar-refractivity contribution >= 4 is 11.6 Å². The summed E-state index contributed by atoms with van der Waals surface area (Å²) in [5.74, 6) is 1.31. The quantitative estimate of drug-likeness (QED) is 0.767. The van der Waals surface area contributed by atoms with E-state index in [1.165, 1.54) is 21.3 Å². The zero-order valence-electron chi connectivity index (χ0n) is 13.3. The van der Waals surface area contributed by atoms with Gasteiger partial charge in [0.25, 0.3) is 0 Å². The minimum absolute atomic E-state index is 0.0646. The third-order valence-electron chi connectivity index (χ3n) is 3.08. The van der Waals surface area contributed by atoms with Gasteiger partial charge in [0.05, 0.1) is 21.3 Å². The minimum atomic E-state index is -0.135. The van der Waals surface area contributed by atoms with Crippen LogP contribution in [0.3, 0.4) is 0 Å². The van der Waals surface area contributed by atoms with Gasteiger partial charge in [0.15, 0.2) is 11.5 Å². The molecule has 0 spiro atoms. The number of anilines is 1. The largest absolute Gasteiger partial charge is 0.493 e. The van der Waals surface area contributed by atoms with Crippen molar-refractivity contribution < 1.29 is 19.0 Å². The fourth-order valence-corrected chi connectivity index (χ4v) is 1.87. The van der Waals surface area contributed by atoms with Gasteiger partial charge < -0.3 is 24.8 Å². The number of hydrogen-bond acceptors (Lipinski definition) is 5. The van der Waals surface area contributed by atoms with Crippen LogP contribution in [0.1, 0.15) is 13.8 Å². The average molecular weight is 296 g/mol. The van der Waals surface area contributed by atoms with Gasteiger partial charge >= 0.3 is 0 Å². The van der Waals surface area contributed by atoms with E-state index in [4.69, 9.17) is 14.2 Å². The molecule has 1 aromatic rings. The number of rotatable bonds is 8. The maximum Gasteiger partial charge on any atom is 0.228 e. The van der Waals surface area contributed by atoms with Crippen molar-refractivity contribution in [1.82, 2.24) is 5.32 Å². The van der Waals surface area contributed by atoms with Gasteiger partial charge in [-0.25, -0.2) is 0 Å². The van der Waals surface area contributed by atoms with Gasteiger partial charge in [-0.15, -0.1) is 0 Å². The lowest BCUT2D eigenvalue weighted by atomic mass is 10.1. The van der Waals surface area contributed by atoms with Gasteiger partial charge in [-0.2, -0.15) is 0 Å². The zero-order chi connectivity index (χ0) is 15.8. The number of hydrogen-bond donors (Lipinski definition) is 2. The third-order valence-corrected chi connectivity index (χ3v) is 3.08. The second-order valence-corrected chi connectivity index (χ2v) is 4.61. The van der Waals surface area contributed by atoms with E-state index in [0.717, 1.165) is 6.54 Å². The lowest BCUT2D eigenvalue weighted by molar-refractivity contribution is -0.119. The molecular formula is C15H24N2O4. The van der Waals surface area contributed by atoms with Crippen molar-refractivity contribution in [2.75, 3.05) is 39.7 Å². The summed E-state index contributed by atoms with van der Waals surface area (Å²) < 4.78 is 15.8. The number of carbonyl (C=O) groups excluding carboxylic acids is 1. The highest BCUT2D eigenvalue weighted by Crippen LogP contribution is 2.39. The monoisotopic (exact) mass is 296 g/mol. The molecule has 6 heteroatoms. The summed E-state index contributed by atoms with van der Waals surface area (Å²) in [6.07, 6.45) is 0. The summed E-state index contributed by atoms with van der Waals surface area (Å²) in [4.78, 5) is 12.1. The van der Waals surface area contributed by atoms with Gasteiger partial charge in [-0.05, 0) is 6.54 Å². The predicted molar refractivity (Wildman–Crippen MR) is 82.4 cm³/mol. The molecule has 0 aliphatic heterocycles. The SMILES string of the molecule is CCNCC(C)C(=O)Nc1cc(OC)c(OC)c(OC)c1. The van der Waals surface area contributed by atoms with Crippen LogP contribution in [0.4, 0.5) is 5.69 Å². The van der Waals surface area contributed by atoms with Crippen LogP contribution in [0.25, 0.3) is 0 Å². The molecule has 2 N–H and O–H groups in total. The number of carbonyl (C=O) groups is 1. The van der Waals surface area contributed by atoms with Crippen molar-refractivity contribution in [3.05, 3.63) is 12.1 Å². The summed E-state index contributed by atoms with van der Waals surface area (Å²) in [7, 11) is 4.62. The topological polar surface area (TPSA) is 68.8 Å². The van der Waals surface area contributed by atoms with Gasteiger partial charge in [-0.1, -0.05) is 13.8 Å². The second-order valence-electron chi connectivity index (χ2n) is 4.61. The summed E-state index contributed by atoms with van der Waals surface area (Å²) in [5, 5.41) is 6.00. The number of nitrogens with one attached hydrogen (secondary N) is 2. The maximum absolute atomic E-state index is 12.1. The highest BCUT2D eigenvalue weighted by molar-refractivity contribution is 5.93. The van der Waals surface area contributed by atoms with Crippen molar-refractivity contribution in [1.29, 1.82) is 0 Å². The van der Waals surface area contributed by atoms with Crippen LogP contribution in [0, 0.1) is 5.92 Å². The first-order chi connectivity index (χ1) is 10.1. The molecule has 1 amide bonds. The molecule has 1 unspecified atom stereocenters. The van der Waals surface area contributed by atoms with Crippen LogP contribution in [0.2, 0.25) is 0 Å². The third kappa shape index (κ3) is 4.53. The van der Waals surface area contributed by atoms with Gasteiger partial charge in [-0.3, -0.25) is 4.79 Å². The molecule has 0 aromatic heterocycles. The molecule has 118 valence electrons. The lowest BCUT2D eigenvalue weighted by Crippen LogP contribution is -2.30. The van der Waals surface area contributed by atoms with E-state index in [9.17, 15) is 4.79 Å². The Bertz CT molecular complexity index is 452. The van der Waals surface area contributed by atoms with E-state index in [1.54, 1.807) is 12.1 Å². The Morgan fingerprint density at radius 3 is 2.14 bits per heavy atom. The molecule has 0 saturated heterocycles. The van der Waals surface area contributed by atoms with Crippen LogP contribution in [0.5, 0.6) is 17.2 Å². The van der Waals surface area contributed by atoms with Gasteiger partial charge in [0.1, 0.15) is 0 Å². The van der Waals surface area contributed by atoms with Gasteiger partial charge in [0.2, 0.25) is 11.7 Å². The van der Waals surface area contributed by atoms with Crippen molar-refractivity contribution in [2.45, 2.75) is 13.8 Å². The predicted octanol–water partition coefficient (Wildman–Crippen LogP) is 1.90. The molecule has 0 aliphatic carbocycles. The molecule has 1 atom stereocenters. The number of amides is 1. The Labute approximate surface area is 125 Å². The molecule has 6 nitrogen and oxygen atoms in total. The van der Waals surface area contributed by atoms with Crippen LogP contribution in [-0.2, 0) is 4.79 Å². The summed E-state index contributed by atoms with van der Waals surface area (Å²) >= 11 is 0. The standard InChI is InChI=1S/C15H24N2O4/c1-6-16-9-10(2)15(18)17-11-7-12(19-3)14(21-5)13(8-11)20-4/h7-8,10,16H,6,9H2,1-5H3,(H,17,18). The molecule has 1 rings (SSSR count). The van der Waals surface area contributed by atoms with E-state index in [2.05, 4.69) is 10.6 Å². The second kappa shape index (κ2) is 8.36. The number of ether oxygens (including phenoxy) is 3. The van der Waals surface area contributed by atoms with Crippen molar-refractivity contribution in [2.24, 2.45) is 5.92 Å². The molecule has 0 saturated carbocycles. The van der Waals surface area contributed by atoms with E-state index in [0.29, 0.717) is 29.5 Å². The summed E-state index contributed by atoms with van der Waals surface area (Å²) in [5.41, 5.74) is 0.609. The smallest absolute Gasteiger partial charge is 0.228 e. The van der Waals surface area contributed by atoms with Gasteiger partial charge in [0, 0.05) is 30.3 Å². The minimum Gasteiger partial charge on any atom is -0.493 e. The Morgan fingerprint density at radius 1 is 1.14 bits per heavy atom. The van der Waals surface area contributed by atoms with Crippen LogP contribution >= 0.6 is 0 Å². The molecule has 1 aromatic carbocycles. The first kappa shape index (κ1) is 17.1. The van der Waals surface area contributed by atoms with Crippen molar-refractivity contribution in [3.63, 3.8) is 0 Å². The fourth-order valence-electron chi connectivity index (χ4n) is 1.87. The molecule has 0 fully saturated rings. The molecule has 0 aliphatic rings. The van der Waals surface area contributed by atoms with E-state index >= 15 is 0 Å². The first-order valence-electron chi connectivity index (χ1n) is 6.88. The zero-order valence-corrected chi connectivity index (χ0v) is 13.3. The molecule has 0 heterocycles. The summed E-state index contributed by atoms with van der Waals surface area (Å²) in [6.45, 7) is 5.34. The molecule has 21 heavy (non-hydrogen) atoms. The summed E-state index contributed by atoms with van der Waals surface area (Å²) in [6, 6.07) is 3.42. The normalized spacial score (nSPS) is 11.7. The van der Waals surface area contributed by atoms with Crippen molar-refractivity contribution in [3.8, 4) is 17.2 Å². The Balaban J connectivity index is 2.91. The van der Waals surface area contributed by atoms with Crippen LogP contribution in [0.15, 0.2) is 12.1 Å². The Hall–Kier alpha value is -1.95. The first-order valence-corrected chi connectivity index (χ1v) is 6.88. The van der Waals surface area contributed by atoms with Crippen LogP contribution in [-0.4, -0.2) is 40.3 Å². The molecule has 0 radical (unpaired) electrons. The fraction of sp³-hybridized carbons (Fsp3) is 0.533. The Morgan fingerprint density at radius 2 is 1.71 bits per heavy atom. The lowest BCUT2D eigenvalue weighted by Gasteiger charge is -2.16. The number of benzene rings is 1. The highest BCUT2D eigenvalue weighted by Gasteiger charge is 2.17. The molecular weight excluding hydrogens is 272 g/mol. The van der Waals surface area contributed by atoms with E-state index in [-0.39, 0.29) is 11.8 Å². The number of methoxy groups -OCH3 is 3. The van der Waals surface area contributed by atoms with E-state index in [1.807, 2.05) is 13.8 Å². The van der Waals surface area contributed by atoms with Crippen LogP contribution < -0.4 is 24.8 Å². The average Bonchev–Trinajstić information content (AvgIpc) is 2.51. The van der Waals surface area contributed by atoms with E-state index < -0.39 is 0 Å². The highest BCUT2D eigenvalue weighted by atomic mass is 16.5.